The van der Waals surface area contributed by atoms with E-state index in [0.29, 0.717) is 4.58 Å². The molecule has 15 heavy (non-hydrogen) atoms. The van der Waals surface area contributed by atoms with Crippen molar-refractivity contribution in [3.05, 3.63) is 0 Å². The highest BCUT2D eigenvalue weighted by Crippen LogP contribution is 2.22. The largest absolute Gasteiger partial charge is 0.339 e. The van der Waals surface area contributed by atoms with Crippen LogP contribution >= 0.6 is 11.8 Å². The van der Waals surface area contributed by atoms with Gasteiger partial charge in [0.1, 0.15) is 0 Å². The Kier molecular flexibility index (Phi) is 4.17. The molecule has 0 N–H and O–H groups in total. The van der Waals surface area contributed by atoms with Crippen molar-refractivity contribution in [2.75, 3.05) is 0 Å². The van der Waals surface area contributed by atoms with Crippen LogP contribution in [0, 0.1) is 10.8 Å². The lowest BCUT2D eigenvalue weighted by molar-refractivity contribution is -0.190. The Hall–Kier alpha value is -0.770. The molecule has 0 aliphatic heterocycles. The minimum Gasteiger partial charge on any atom is -0.322 e. The van der Waals surface area contributed by atoms with Gasteiger partial charge in [0, 0.05) is 5.41 Å². The van der Waals surface area contributed by atoms with Crippen molar-refractivity contribution in [3.8, 4) is 0 Å². The zero-order valence-corrected chi connectivity index (χ0v) is 10.8. The average Bonchev–Trinajstić information content (AvgIpc) is 1.99. The number of carbonyl (C=O) groups excluding carboxylic acids is 2. The van der Waals surface area contributed by atoms with Crippen molar-refractivity contribution in [2.45, 2.75) is 41.5 Å². The number of carbonyl (C=O) groups is 2. The molecule has 0 radical (unpaired) electrons. The molecular weight excluding hydrogens is 218 g/mol. The molecule has 0 aliphatic carbocycles. The lowest BCUT2D eigenvalue weighted by atomic mass is 9.96. The van der Waals surface area contributed by atoms with Gasteiger partial charge in [-0.05, 0) is 20.8 Å². The number of nitrogens with zero attached hydrogens (tertiary/aromatic N) is 1. The molecule has 0 rings (SSSR count). The first-order valence-corrected chi connectivity index (χ1v) is 5.03. The van der Waals surface area contributed by atoms with Crippen LogP contribution in [0.4, 0.5) is 0 Å². The van der Waals surface area contributed by atoms with E-state index in [1.807, 2.05) is 0 Å². The van der Waals surface area contributed by atoms with Gasteiger partial charge >= 0.3 is 5.97 Å². The molecule has 0 bridgehead atoms. The Labute approximate surface area is 95.6 Å². The fourth-order valence-corrected chi connectivity index (χ4v) is 0.831. The monoisotopic (exact) mass is 235 g/mol. The van der Waals surface area contributed by atoms with Crippen LogP contribution in [-0.2, 0) is 14.4 Å². The first kappa shape index (κ1) is 14.2. The first-order valence-electron chi connectivity index (χ1n) is 4.69. The third-order valence-electron chi connectivity index (χ3n) is 1.58. The summed E-state index contributed by atoms with van der Waals surface area (Å²) in [5.74, 6) is -1.00. The fourth-order valence-electron chi connectivity index (χ4n) is 0.515. The van der Waals surface area contributed by atoms with Crippen LogP contribution in [0.2, 0.25) is 0 Å². The molecule has 0 heterocycles. The molecule has 0 aliphatic rings. The summed E-state index contributed by atoms with van der Waals surface area (Å²) in [4.78, 5) is 27.7. The molecule has 4 nitrogen and oxygen atoms in total. The Bertz CT molecular complexity index is 263. The van der Waals surface area contributed by atoms with Crippen LogP contribution < -0.4 is 0 Å². The summed E-state index contributed by atoms with van der Waals surface area (Å²) >= 11 is 5.56. The van der Waals surface area contributed by atoms with Gasteiger partial charge in [0.15, 0.2) is 0 Å². The Balaban J connectivity index is 4.46. The Morgan fingerprint density at radius 3 is 1.67 bits per heavy atom. The van der Waals surface area contributed by atoms with Crippen LogP contribution in [0.25, 0.3) is 0 Å². The molecule has 0 saturated carbocycles. The van der Waals surface area contributed by atoms with Gasteiger partial charge in [0.05, 0.1) is 17.2 Å². The van der Waals surface area contributed by atoms with Gasteiger partial charge in [0.2, 0.25) is 0 Å². The molecule has 0 spiro atoms. The van der Waals surface area contributed by atoms with Crippen molar-refractivity contribution in [2.24, 2.45) is 10.8 Å². The van der Waals surface area contributed by atoms with E-state index in [1.54, 1.807) is 41.5 Å². The third-order valence-corrected chi connectivity index (χ3v) is 1.80. The molecule has 0 fully saturated rings. The van der Waals surface area contributed by atoms with E-state index in [0.717, 1.165) is 0 Å². The van der Waals surface area contributed by atoms with Crippen LogP contribution in [0.15, 0.2) is 0 Å². The molecule has 88 valence electrons. The summed E-state index contributed by atoms with van der Waals surface area (Å²) in [6, 6.07) is 0. The summed E-state index contributed by atoms with van der Waals surface area (Å²) in [5.41, 5.74) is -1.37. The van der Waals surface area contributed by atoms with Crippen LogP contribution in [0.3, 0.4) is 0 Å². The van der Waals surface area contributed by atoms with Crippen molar-refractivity contribution < 1.29 is 14.4 Å². The molecule has 5 heteroatoms. The lowest BCUT2D eigenvalue weighted by Gasteiger charge is -2.24. The van der Waals surface area contributed by atoms with E-state index in [4.69, 9.17) is 16.6 Å². The molecule has 1 amide bonds. The summed E-state index contributed by atoms with van der Waals surface area (Å²) in [5, 5.41) is 0. The maximum Gasteiger partial charge on any atom is 0.339 e. The Morgan fingerprint density at radius 2 is 1.40 bits per heavy atom. The maximum absolute atomic E-state index is 11.5. The van der Waals surface area contributed by atoms with Gasteiger partial charge in [-0.1, -0.05) is 25.4 Å². The normalized spacial score (nSPS) is 12.2. The SMILES string of the molecule is CC(C)(C)C(=O)ON(Cl)C(=O)C(C)(C)C. The lowest BCUT2D eigenvalue weighted by Crippen LogP contribution is -2.37. The summed E-state index contributed by atoms with van der Waals surface area (Å²) in [6.45, 7) is 10.1. The van der Waals surface area contributed by atoms with E-state index in [2.05, 4.69) is 0 Å². The summed E-state index contributed by atoms with van der Waals surface area (Å²) in [7, 11) is 0. The fraction of sp³-hybridized carbons (Fsp3) is 0.800. The molecule has 0 aromatic heterocycles. The summed E-state index contributed by atoms with van der Waals surface area (Å²) in [6.07, 6.45) is 0. The van der Waals surface area contributed by atoms with Gasteiger partial charge in [-0.3, -0.25) is 4.79 Å². The standard InChI is InChI=1S/C10H18ClNO3/c1-9(2,3)7(13)12(11)15-8(14)10(4,5)6/h1-6H3. The second-order valence-electron chi connectivity index (χ2n) is 5.43. The molecule has 0 aromatic rings. The van der Waals surface area contributed by atoms with E-state index in [-0.39, 0.29) is 0 Å². The van der Waals surface area contributed by atoms with E-state index < -0.39 is 22.7 Å². The average molecular weight is 236 g/mol. The first-order chi connectivity index (χ1) is 6.46. The molecular formula is C10H18ClNO3. The van der Waals surface area contributed by atoms with Crippen molar-refractivity contribution in [1.82, 2.24) is 4.58 Å². The smallest absolute Gasteiger partial charge is 0.322 e. The quantitative estimate of drug-likeness (QED) is 0.479. The van der Waals surface area contributed by atoms with Gasteiger partial charge < -0.3 is 4.84 Å². The number of halogens is 1. The van der Waals surface area contributed by atoms with Crippen LogP contribution in [0.1, 0.15) is 41.5 Å². The predicted molar refractivity (Wildman–Crippen MR) is 57.7 cm³/mol. The molecule has 0 aromatic carbocycles. The van der Waals surface area contributed by atoms with Crippen molar-refractivity contribution >= 4 is 23.7 Å². The van der Waals surface area contributed by atoms with E-state index in [9.17, 15) is 9.59 Å². The van der Waals surface area contributed by atoms with Gasteiger partial charge in [-0.25, -0.2) is 4.79 Å². The topological polar surface area (TPSA) is 46.6 Å². The highest BCUT2D eigenvalue weighted by atomic mass is 35.5. The van der Waals surface area contributed by atoms with E-state index >= 15 is 0 Å². The summed E-state index contributed by atoms with van der Waals surface area (Å²) < 4.78 is 0.480. The van der Waals surface area contributed by atoms with Crippen LogP contribution in [-0.4, -0.2) is 16.5 Å². The predicted octanol–water partition coefficient (Wildman–Crippen LogP) is 2.52. The minimum absolute atomic E-state index is 0.457. The van der Waals surface area contributed by atoms with Crippen molar-refractivity contribution in [3.63, 3.8) is 0 Å². The van der Waals surface area contributed by atoms with Crippen LogP contribution in [0.5, 0.6) is 0 Å². The minimum atomic E-state index is -0.689. The number of hydrogen-bond acceptors (Lipinski definition) is 3. The highest BCUT2D eigenvalue weighted by molar-refractivity contribution is 6.21. The molecule has 0 atom stereocenters. The zero-order chi connectivity index (χ0) is 12.4. The number of hydroxylamine groups is 1. The number of hydrogen-bond donors (Lipinski definition) is 0. The van der Waals surface area contributed by atoms with Gasteiger partial charge in [0.25, 0.3) is 5.91 Å². The number of amides is 1. The van der Waals surface area contributed by atoms with Crippen molar-refractivity contribution in [1.29, 1.82) is 0 Å². The molecule has 0 unspecified atom stereocenters. The third kappa shape index (κ3) is 4.51. The zero-order valence-electron chi connectivity index (χ0n) is 10.0. The van der Waals surface area contributed by atoms with Gasteiger partial charge in [-0.2, -0.15) is 0 Å². The van der Waals surface area contributed by atoms with E-state index in [1.165, 1.54) is 0 Å². The second kappa shape index (κ2) is 4.39. The second-order valence-corrected chi connectivity index (χ2v) is 5.74. The molecule has 0 saturated heterocycles. The maximum atomic E-state index is 11.5. The van der Waals surface area contributed by atoms with Gasteiger partial charge in [-0.15, -0.1) is 0 Å². The Morgan fingerprint density at radius 1 is 1.00 bits per heavy atom. The number of rotatable bonds is 0. The highest BCUT2D eigenvalue weighted by Gasteiger charge is 2.32.